The van der Waals surface area contributed by atoms with Crippen LogP contribution in [-0.4, -0.2) is 37.3 Å². The molecule has 0 aliphatic carbocycles. The van der Waals surface area contributed by atoms with E-state index >= 15 is 0 Å². The van der Waals surface area contributed by atoms with E-state index in [1.165, 1.54) is 0 Å². The van der Waals surface area contributed by atoms with Crippen molar-refractivity contribution in [3.8, 4) is 5.75 Å². The second-order valence-electron chi connectivity index (χ2n) is 5.83. The second kappa shape index (κ2) is 9.25. The zero-order valence-corrected chi connectivity index (χ0v) is 14.4. The van der Waals surface area contributed by atoms with Crippen LogP contribution in [0.1, 0.15) is 27.2 Å². The van der Waals surface area contributed by atoms with Gasteiger partial charge in [0.05, 0.1) is 6.54 Å². The van der Waals surface area contributed by atoms with Gasteiger partial charge in [-0.15, -0.1) is 0 Å². The molecule has 0 spiro atoms. The van der Waals surface area contributed by atoms with Crippen LogP contribution in [0.5, 0.6) is 5.75 Å². The van der Waals surface area contributed by atoms with Gasteiger partial charge in [-0.3, -0.25) is 4.79 Å². The van der Waals surface area contributed by atoms with Gasteiger partial charge >= 0.3 is 6.09 Å². The minimum atomic E-state index is -0.550. The predicted molar refractivity (Wildman–Crippen MR) is 88.8 cm³/mol. The Kier molecular flexibility index (Phi) is 7.68. The van der Waals surface area contributed by atoms with Gasteiger partial charge in [-0.05, 0) is 45.0 Å². The van der Waals surface area contributed by atoms with Crippen molar-refractivity contribution >= 4 is 23.6 Å². The summed E-state index contributed by atoms with van der Waals surface area (Å²) >= 11 is 5.77. The fraction of sp³-hybridized carbons (Fsp3) is 0.500. The molecule has 0 atom stereocenters. The molecular formula is C16H23ClN2O4. The fourth-order valence-corrected chi connectivity index (χ4v) is 1.70. The molecule has 2 amide bonds. The van der Waals surface area contributed by atoms with E-state index in [1.54, 1.807) is 45.0 Å². The molecule has 0 aromatic heterocycles. The number of carbonyl (C=O) groups excluding carboxylic acids is 2. The number of alkyl carbamates (subject to hydrolysis) is 1. The molecular weight excluding hydrogens is 320 g/mol. The molecule has 1 rings (SSSR count). The van der Waals surface area contributed by atoms with E-state index in [2.05, 4.69) is 10.6 Å². The number of amides is 2. The van der Waals surface area contributed by atoms with Gasteiger partial charge in [-0.1, -0.05) is 11.6 Å². The third-order valence-corrected chi connectivity index (χ3v) is 2.78. The van der Waals surface area contributed by atoms with E-state index in [4.69, 9.17) is 21.1 Å². The molecule has 2 N–H and O–H groups in total. The van der Waals surface area contributed by atoms with Crippen LogP contribution in [-0.2, 0) is 9.53 Å². The SMILES string of the molecule is CC(C)(C)OC(=O)NCCC(=O)NCCOc1ccc(Cl)cc1. The summed E-state index contributed by atoms with van der Waals surface area (Å²) in [6, 6.07) is 6.99. The molecule has 23 heavy (non-hydrogen) atoms. The molecule has 0 unspecified atom stereocenters. The first-order valence-electron chi connectivity index (χ1n) is 7.38. The number of hydrogen-bond acceptors (Lipinski definition) is 4. The smallest absolute Gasteiger partial charge is 0.407 e. The predicted octanol–water partition coefficient (Wildman–Crippen LogP) is 2.75. The van der Waals surface area contributed by atoms with Crippen LogP contribution in [0.3, 0.4) is 0 Å². The van der Waals surface area contributed by atoms with Crippen molar-refractivity contribution in [2.75, 3.05) is 19.7 Å². The van der Waals surface area contributed by atoms with Gasteiger partial charge in [0.2, 0.25) is 5.91 Å². The Bertz CT molecular complexity index is 512. The molecule has 0 bridgehead atoms. The summed E-state index contributed by atoms with van der Waals surface area (Å²) < 4.78 is 10.5. The quantitative estimate of drug-likeness (QED) is 0.747. The number of nitrogens with one attached hydrogen (secondary N) is 2. The Morgan fingerprint density at radius 2 is 1.74 bits per heavy atom. The lowest BCUT2D eigenvalue weighted by atomic mass is 10.2. The van der Waals surface area contributed by atoms with Crippen molar-refractivity contribution in [3.63, 3.8) is 0 Å². The summed E-state index contributed by atoms with van der Waals surface area (Å²) in [5.41, 5.74) is -0.550. The zero-order valence-electron chi connectivity index (χ0n) is 13.6. The van der Waals surface area contributed by atoms with Gasteiger partial charge in [-0.2, -0.15) is 0 Å². The molecule has 1 aromatic rings. The average molecular weight is 343 g/mol. The number of carbonyl (C=O) groups is 2. The van der Waals surface area contributed by atoms with Gasteiger partial charge in [0.25, 0.3) is 0 Å². The molecule has 6 nitrogen and oxygen atoms in total. The van der Waals surface area contributed by atoms with Gasteiger partial charge in [-0.25, -0.2) is 4.79 Å². The van der Waals surface area contributed by atoms with Gasteiger partial charge in [0.15, 0.2) is 0 Å². The number of rotatable bonds is 7. The molecule has 7 heteroatoms. The highest BCUT2D eigenvalue weighted by Crippen LogP contribution is 2.15. The Labute approximate surface area is 141 Å². The third kappa shape index (κ3) is 9.63. The molecule has 0 aliphatic rings. The van der Waals surface area contributed by atoms with Crippen LogP contribution in [0, 0.1) is 0 Å². The summed E-state index contributed by atoms with van der Waals surface area (Å²) in [5.74, 6) is 0.524. The molecule has 0 heterocycles. The first-order valence-corrected chi connectivity index (χ1v) is 7.76. The number of benzene rings is 1. The maximum absolute atomic E-state index is 11.6. The molecule has 128 valence electrons. The number of ether oxygens (including phenoxy) is 2. The van der Waals surface area contributed by atoms with Crippen molar-refractivity contribution in [1.82, 2.24) is 10.6 Å². The maximum Gasteiger partial charge on any atom is 0.407 e. The molecule has 0 radical (unpaired) electrons. The highest BCUT2D eigenvalue weighted by molar-refractivity contribution is 6.30. The average Bonchev–Trinajstić information content (AvgIpc) is 2.43. The standard InChI is InChI=1S/C16H23ClN2O4/c1-16(2,3)23-15(21)19-9-8-14(20)18-10-11-22-13-6-4-12(17)5-7-13/h4-7H,8-11H2,1-3H3,(H,18,20)(H,19,21). The normalized spacial score (nSPS) is 10.8. The van der Waals surface area contributed by atoms with Crippen molar-refractivity contribution < 1.29 is 19.1 Å². The summed E-state index contributed by atoms with van der Waals surface area (Å²) in [7, 11) is 0. The van der Waals surface area contributed by atoms with Gasteiger partial charge < -0.3 is 20.1 Å². The fourth-order valence-electron chi connectivity index (χ4n) is 1.57. The minimum absolute atomic E-state index is 0.166. The van der Waals surface area contributed by atoms with E-state index in [-0.39, 0.29) is 18.9 Å². The van der Waals surface area contributed by atoms with Gasteiger partial charge in [0.1, 0.15) is 18.0 Å². The van der Waals surface area contributed by atoms with Gasteiger partial charge in [0, 0.05) is 18.0 Å². The molecule has 1 aromatic carbocycles. The van der Waals surface area contributed by atoms with E-state index in [0.29, 0.717) is 23.9 Å². The Hall–Kier alpha value is -1.95. The number of hydrogen-bond donors (Lipinski definition) is 2. The lowest BCUT2D eigenvalue weighted by Gasteiger charge is -2.19. The van der Waals surface area contributed by atoms with E-state index in [0.717, 1.165) is 0 Å². The summed E-state index contributed by atoms with van der Waals surface area (Å²) in [6.45, 7) is 6.29. The first kappa shape index (κ1) is 19.1. The zero-order chi connectivity index (χ0) is 17.3. The van der Waals surface area contributed by atoms with Crippen molar-refractivity contribution in [2.45, 2.75) is 32.8 Å². The Balaban J connectivity index is 2.08. The van der Waals surface area contributed by atoms with Crippen molar-refractivity contribution in [3.05, 3.63) is 29.3 Å². The van der Waals surface area contributed by atoms with Crippen LogP contribution < -0.4 is 15.4 Å². The van der Waals surface area contributed by atoms with Crippen molar-refractivity contribution in [1.29, 1.82) is 0 Å². The Morgan fingerprint density at radius 1 is 1.09 bits per heavy atom. The molecule has 0 aliphatic heterocycles. The lowest BCUT2D eigenvalue weighted by molar-refractivity contribution is -0.121. The summed E-state index contributed by atoms with van der Waals surface area (Å²) in [4.78, 5) is 23.0. The monoisotopic (exact) mass is 342 g/mol. The minimum Gasteiger partial charge on any atom is -0.492 e. The molecule has 0 saturated carbocycles. The third-order valence-electron chi connectivity index (χ3n) is 2.53. The molecule has 0 fully saturated rings. The van der Waals surface area contributed by atoms with E-state index in [9.17, 15) is 9.59 Å². The molecule has 0 saturated heterocycles. The lowest BCUT2D eigenvalue weighted by Crippen LogP contribution is -2.35. The van der Waals surface area contributed by atoms with Crippen molar-refractivity contribution in [2.24, 2.45) is 0 Å². The second-order valence-corrected chi connectivity index (χ2v) is 6.27. The topological polar surface area (TPSA) is 76.7 Å². The van der Waals surface area contributed by atoms with Crippen LogP contribution in [0.25, 0.3) is 0 Å². The first-order chi connectivity index (χ1) is 10.8. The van der Waals surface area contributed by atoms with E-state index in [1.807, 2.05) is 0 Å². The highest BCUT2D eigenvalue weighted by Gasteiger charge is 2.15. The summed E-state index contributed by atoms with van der Waals surface area (Å²) in [5, 5.41) is 5.87. The van der Waals surface area contributed by atoms with Crippen LogP contribution in [0.2, 0.25) is 5.02 Å². The largest absolute Gasteiger partial charge is 0.492 e. The maximum atomic E-state index is 11.6. The van der Waals surface area contributed by atoms with Crippen LogP contribution in [0.4, 0.5) is 4.79 Å². The number of halogens is 1. The van der Waals surface area contributed by atoms with E-state index < -0.39 is 11.7 Å². The highest BCUT2D eigenvalue weighted by atomic mass is 35.5. The van der Waals surface area contributed by atoms with Crippen LogP contribution in [0.15, 0.2) is 24.3 Å². The Morgan fingerprint density at radius 3 is 2.35 bits per heavy atom. The summed E-state index contributed by atoms with van der Waals surface area (Å²) in [6.07, 6.45) is -0.350. The van der Waals surface area contributed by atoms with Crippen LogP contribution >= 0.6 is 11.6 Å².